The van der Waals surface area contributed by atoms with Gasteiger partial charge in [0.15, 0.2) is 5.60 Å². The van der Waals surface area contributed by atoms with Crippen LogP contribution in [0.5, 0.6) is 5.75 Å². The predicted molar refractivity (Wildman–Crippen MR) is 141 cm³/mol. The molecular weight excluding hydrogens is 412 g/mol. The molecule has 1 aliphatic carbocycles. The van der Waals surface area contributed by atoms with Gasteiger partial charge in [0.2, 0.25) is 0 Å². The highest BCUT2D eigenvalue weighted by atomic mass is 16.5. The van der Waals surface area contributed by atoms with E-state index in [0.29, 0.717) is 0 Å². The molecule has 2 aliphatic rings. The lowest BCUT2D eigenvalue weighted by atomic mass is 9.82. The fourth-order valence-corrected chi connectivity index (χ4v) is 5.57. The molecule has 7 rings (SSSR count). The summed E-state index contributed by atoms with van der Waals surface area (Å²) in [4.78, 5) is 0. The molecule has 0 bridgehead atoms. The van der Waals surface area contributed by atoms with Gasteiger partial charge in [0.1, 0.15) is 5.75 Å². The van der Waals surface area contributed by atoms with Crippen LogP contribution >= 0.6 is 0 Å². The summed E-state index contributed by atoms with van der Waals surface area (Å²) in [5, 5.41) is 2.44. The van der Waals surface area contributed by atoms with Gasteiger partial charge >= 0.3 is 0 Å². The van der Waals surface area contributed by atoms with Crippen LogP contribution in [0.15, 0.2) is 127 Å². The lowest BCUT2D eigenvalue weighted by molar-refractivity contribution is 0.183. The smallest absolute Gasteiger partial charge is 0.179 e. The molecule has 0 radical (unpaired) electrons. The summed E-state index contributed by atoms with van der Waals surface area (Å²) in [6.07, 6.45) is 4.52. The molecule has 0 aromatic heterocycles. The number of hydrogen-bond acceptors (Lipinski definition) is 1. The molecular formula is C33H22O. The van der Waals surface area contributed by atoms with E-state index >= 15 is 0 Å². The quantitative estimate of drug-likeness (QED) is 0.273. The molecule has 0 saturated heterocycles. The van der Waals surface area contributed by atoms with Gasteiger partial charge in [-0.3, -0.25) is 0 Å². The highest BCUT2D eigenvalue weighted by Gasteiger charge is 2.48. The Balaban J connectivity index is 1.55. The van der Waals surface area contributed by atoms with Gasteiger partial charge < -0.3 is 4.74 Å². The van der Waals surface area contributed by atoms with Crippen molar-refractivity contribution in [2.45, 2.75) is 5.60 Å². The van der Waals surface area contributed by atoms with Crippen LogP contribution < -0.4 is 4.74 Å². The topological polar surface area (TPSA) is 9.23 Å². The van der Waals surface area contributed by atoms with E-state index < -0.39 is 5.60 Å². The second-order valence-electron chi connectivity index (χ2n) is 8.90. The summed E-state index contributed by atoms with van der Waals surface area (Å²) in [5.41, 5.74) is 7.65. The van der Waals surface area contributed by atoms with Crippen molar-refractivity contribution in [2.24, 2.45) is 0 Å². The standard InChI is InChI=1S/C33H22O/c1-3-12-24(13-4-1)31-28-17-9-10-18-29(28)33(32(31)25-14-5-2-6-15-25)22-21-27-26-16-8-7-11-23(26)19-20-30(27)34-33/h1-22H. The summed E-state index contributed by atoms with van der Waals surface area (Å²) >= 11 is 0. The third-order valence-electron chi connectivity index (χ3n) is 7.03. The first-order valence-corrected chi connectivity index (χ1v) is 11.7. The molecule has 5 aromatic carbocycles. The van der Waals surface area contributed by atoms with E-state index in [0.717, 1.165) is 11.3 Å². The summed E-state index contributed by atoms with van der Waals surface area (Å²) in [6, 6.07) is 42.8. The first-order valence-electron chi connectivity index (χ1n) is 11.7. The maximum atomic E-state index is 7.09. The van der Waals surface area contributed by atoms with E-state index in [2.05, 4.69) is 133 Å². The Bertz CT molecular complexity index is 1610. The van der Waals surface area contributed by atoms with Crippen LogP contribution in [0.1, 0.15) is 27.8 Å². The highest BCUT2D eigenvalue weighted by molar-refractivity contribution is 6.09. The van der Waals surface area contributed by atoms with Crippen molar-refractivity contribution in [3.05, 3.63) is 155 Å². The van der Waals surface area contributed by atoms with Crippen molar-refractivity contribution in [2.75, 3.05) is 0 Å². The second-order valence-corrected chi connectivity index (χ2v) is 8.90. The molecule has 0 N–H and O–H groups in total. The lowest BCUT2D eigenvalue weighted by Crippen LogP contribution is -2.32. The van der Waals surface area contributed by atoms with Crippen molar-refractivity contribution in [1.29, 1.82) is 0 Å². The maximum Gasteiger partial charge on any atom is 0.179 e. The van der Waals surface area contributed by atoms with E-state index in [9.17, 15) is 0 Å². The maximum absolute atomic E-state index is 7.09. The minimum Gasteiger partial charge on any atom is -0.473 e. The van der Waals surface area contributed by atoms with Crippen LogP contribution in [0.3, 0.4) is 0 Å². The Morgan fingerprint density at radius 3 is 2.06 bits per heavy atom. The van der Waals surface area contributed by atoms with E-state index in [-0.39, 0.29) is 0 Å². The molecule has 1 atom stereocenters. The fourth-order valence-electron chi connectivity index (χ4n) is 5.57. The lowest BCUT2D eigenvalue weighted by Gasteiger charge is -2.36. The fraction of sp³-hybridized carbons (Fsp3) is 0.0303. The van der Waals surface area contributed by atoms with E-state index in [1.165, 1.54) is 44.2 Å². The van der Waals surface area contributed by atoms with Gasteiger partial charge in [0, 0.05) is 16.7 Å². The number of fused-ring (bicyclic) bond motifs is 5. The minimum atomic E-state index is -0.696. The highest BCUT2D eigenvalue weighted by Crippen LogP contribution is 2.56. The summed E-state index contributed by atoms with van der Waals surface area (Å²) in [7, 11) is 0. The molecule has 0 fully saturated rings. The molecule has 5 aromatic rings. The molecule has 1 spiro atoms. The Morgan fingerprint density at radius 1 is 0.559 bits per heavy atom. The molecule has 1 heteroatoms. The summed E-state index contributed by atoms with van der Waals surface area (Å²) in [6.45, 7) is 0. The Morgan fingerprint density at radius 2 is 1.24 bits per heavy atom. The number of benzene rings is 5. The van der Waals surface area contributed by atoms with E-state index in [1.54, 1.807) is 0 Å². The minimum absolute atomic E-state index is 0.696. The Hall–Kier alpha value is -4.36. The zero-order chi connectivity index (χ0) is 22.5. The van der Waals surface area contributed by atoms with Crippen LogP contribution in [0.4, 0.5) is 0 Å². The molecule has 34 heavy (non-hydrogen) atoms. The molecule has 0 saturated carbocycles. The number of rotatable bonds is 2. The Kier molecular flexibility index (Phi) is 4.13. The van der Waals surface area contributed by atoms with Crippen molar-refractivity contribution < 1.29 is 4.74 Å². The molecule has 1 nitrogen and oxygen atoms in total. The molecule has 1 aliphatic heterocycles. The monoisotopic (exact) mass is 434 g/mol. The molecule has 1 heterocycles. The van der Waals surface area contributed by atoms with Gasteiger partial charge in [-0.25, -0.2) is 0 Å². The second kappa shape index (κ2) is 7.33. The average Bonchev–Trinajstić information content (AvgIpc) is 3.19. The van der Waals surface area contributed by atoms with Gasteiger partial charge in [0.05, 0.1) is 0 Å². The SMILES string of the molecule is C1=CC2(Oc3ccc4ccccc4c31)C(c1ccccc1)=C(c1ccccc1)c1ccccc12. The zero-order valence-electron chi connectivity index (χ0n) is 18.6. The van der Waals surface area contributed by atoms with E-state index in [1.807, 2.05) is 0 Å². The van der Waals surface area contributed by atoms with Gasteiger partial charge in [-0.15, -0.1) is 0 Å². The molecule has 1 unspecified atom stereocenters. The Labute approximate surface area is 199 Å². The first kappa shape index (κ1) is 19.1. The van der Waals surface area contributed by atoms with Crippen LogP contribution in [0.25, 0.3) is 28.0 Å². The van der Waals surface area contributed by atoms with Crippen molar-refractivity contribution in [3.8, 4) is 5.75 Å². The largest absolute Gasteiger partial charge is 0.473 e. The number of hydrogen-bond donors (Lipinski definition) is 0. The van der Waals surface area contributed by atoms with Crippen LogP contribution in [0, 0.1) is 0 Å². The zero-order valence-corrected chi connectivity index (χ0v) is 18.6. The van der Waals surface area contributed by atoms with Gasteiger partial charge in [-0.05, 0) is 51.3 Å². The average molecular weight is 435 g/mol. The van der Waals surface area contributed by atoms with Crippen LogP contribution in [-0.4, -0.2) is 0 Å². The van der Waals surface area contributed by atoms with Gasteiger partial charge in [-0.1, -0.05) is 115 Å². The van der Waals surface area contributed by atoms with Crippen LogP contribution in [0.2, 0.25) is 0 Å². The third kappa shape index (κ3) is 2.67. The third-order valence-corrected chi connectivity index (χ3v) is 7.03. The van der Waals surface area contributed by atoms with E-state index in [4.69, 9.17) is 4.74 Å². The normalized spacial score (nSPS) is 18.1. The van der Waals surface area contributed by atoms with Crippen LogP contribution in [-0.2, 0) is 5.60 Å². The van der Waals surface area contributed by atoms with Crippen molar-refractivity contribution in [1.82, 2.24) is 0 Å². The molecule has 160 valence electrons. The first-order chi connectivity index (χ1) is 16.9. The van der Waals surface area contributed by atoms with Gasteiger partial charge in [-0.2, -0.15) is 0 Å². The predicted octanol–water partition coefficient (Wildman–Crippen LogP) is 8.11. The molecule has 0 amide bonds. The summed E-state index contributed by atoms with van der Waals surface area (Å²) in [5.74, 6) is 0.916. The van der Waals surface area contributed by atoms with Crippen molar-refractivity contribution in [3.63, 3.8) is 0 Å². The van der Waals surface area contributed by atoms with Gasteiger partial charge in [0.25, 0.3) is 0 Å². The summed E-state index contributed by atoms with van der Waals surface area (Å²) < 4.78 is 7.09. The van der Waals surface area contributed by atoms with Crippen molar-refractivity contribution >= 4 is 28.0 Å². The number of ether oxygens (including phenoxy) is 1.